The second kappa shape index (κ2) is 9.17. The maximum absolute atomic E-state index is 14.7. The normalized spacial score (nSPS) is 16.4. The van der Waals surface area contributed by atoms with Gasteiger partial charge in [-0.15, -0.1) is 0 Å². The Morgan fingerprint density at radius 2 is 2.00 bits per heavy atom. The maximum Gasteiger partial charge on any atom is 0.268 e. The van der Waals surface area contributed by atoms with Gasteiger partial charge in [0, 0.05) is 50.6 Å². The zero-order chi connectivity index (χ0) is 25.6. The lowest BCUT2D eigenvalue weighted by atomic mass is 10.1. The Balaban J connectivity index is 1.37. The molecule has 1 aromatic carbocycles. The number of carbonyl (C=O) groups excluding carboxylic acids is 2. The number of hydrogen-bond acceptors (Lipinski definition) is 5. The molecule has 0 bridgehead atoms. The molecular formula is C24H27FN6O4S. The van der Waals surface area contributed by atoms with Crippen molar-refractivity contribution in [2.24, 2.45) is 7.05 Å². The Labute approximate surface area is 208 Å². The molecule has 0 spiro atoms. The van der Waals surface area contributed by atoms with Gasteiger partial charge < -0.3 is 14.8 Å². The quantitative estimate of drug-likeness (QED) is 0.541. The predicted octanol–water partition coefficient (Wildman–Crippen LogP) is 1.93. The third-order valence-corrected chi connectivity index (χ3v) is 8.89. The minimum absolute atomic E-state index is 0.0531. The Hall–Kier alpha value is -3.51. The van der Waals surface area contributed by atoms with Gasteiger partial charge in [-0.3, -0.25) is 14.3 Å². The molecular weight excluding hydrogens is 487 g/mol. The summed E-state index contributed by atoms with van der Waals surface area (Å²) < 4.78 is 46.2. The molecule has 0 saturated carbocycles. The average molecular weight is 515 g/mol. The zero-order valence-corrected chi connectivity index (χ0v) is 20.9. The highest BCUT2D eigenvalue weighted by atomic mass is 32.2. The van der Waals surface area contributed by atoms with Crippen LogP contribution < -0.4 is 10.2 Å². The van der Waals surface area contributed by atoms with E-state index >= 15 is 0 Å². The minimum atomic E-state index is -3.86. The lowest BCUT2D eigenvalue weighted by Gasteiger charge is -2.26. The number of nitrogens with one attached hydrogen (secondary N) is 1. The van der Waals surface area contributed by atoms with E-state index in [-0.39, 0.29) is 41.7 Å². The molecule has 0 radical (unpaired) electrons. The Kier molecular flexibility index (Phi) is 6.17. The number of nitrogens with zero attached hydrogens (tertiary/aromatic N) is 5. The summed E-state index contributed by atoms with van der Waals surface area (Å²) >= 11 is 0. The molecule has 4 heterocycles. The number of rotatable bonds is 6. The van der Waals surface area contributed by atoms with Gasteiger partial charge in [0.25, 0.3) is 5.91 Å². The highest BCUT2D eigenvalue weighted by Crippen LogP contribution is 2.29. The Morgan fingerprint density at radius 1 is 1.19 bits per heavy atom. The van der Waals surface area contributed by atoms with E-state index in [1.165, 1.54) is 32.0 Å². The molecule has 190 valence electrons. The van der Waals surface area contributed by atoms with Crippen LogP contribution in [0.25, 0.3) is 0 Å². The Bertz CT molecular complexity index is 1460. The van der Waals surface area contributed by atoms with Gasteiger partial charge in [-0.1, -0.05) is 6.07 Å². The molecule has 1 fully saturated rings. The summed E-state index contributed by atoms with van der Waals surface area (Å²) in [7, 11) is -2.24. The fourth-order valence-electron chi connectivity index (χ4n) is 4.79. The van der Waals surface area contributed by atoms with Gasteiger partial charge in [-0.25, -0.2) is 12.8 Å². The van der Waals surface area contributed by atoms with Gasteiger partial charge in [0.2, 0.25) is 15.9 Å². The summed E-state index contributed by atoms with van der Waals surface area (Å²) in [4.78, 5) is 26.9. The van der Waals surface area contributed by atoms with Crippen LogP contribution >= 0.6 is 0 Å². The van der Waals surface area contributed by atoms with Gasteiger partial charge in [0.05, 0.1) is 24.5 Å². The summed E-state index contributed by atoms with van der Waals surface area (Å²) in [5.41, 5.74) is 2.02. The molecule has 0 atom stereocenters. The molecule has 0 aliphatic carbocycles. The summed E-state index contributed by atoms with van der Waals surface area (Å²) in [6.07, 6.45) is 2.74. The third-order valence-electron chi connectivity index (χ3n) is 6.93. The number of benzene rings is 1. The van der Waals surface area contributed by atoms with Crippen LogP contribution in [0.15, 0.2) is 41.4 Å². The van der Waals surface area contributed by atoms with Crippen LogP contribution in [0, 0.1) is 12.7 Å². The number of halogens is 1. The highest BCUT2D eigenvalue weighted by molar-refractivity contribution is 7.89. The molecule has 0 unspecified atom stereocenters. The molecule has 2 aliphatic heterocycles. The first-order valence-electron chi connectivity index (χ1n) is 11.7. The standard InChI is InChI=1S/C24H27FN6O4S/c1-16-22(36(34,35)29-11-12-31-17(15-29)8-9-27-31)13-21(28(16)2)24(33)26-14-18-19(25)5-3-6-20(18)30-10-4-7-23(30)32/h3,5-6,8-9,13H,4,7,10-12,14-15H2,1-2H3,(H,26,33). The van der Waals surface area contributed by atoms with Crippen molar-refractivity contribution in [3.8, 4) is 0 Å². The van der Waals surface area contributed by atoms with Crippen LogP contribution in [0.4, 0.5) is 10.1 Å². The smallest absolute Gasteiger partial charge is 0.268 e. The molecule has 10 nitrogen and oxygen atoms in total. The molecule has 1 saturated heterocycles. The van der Waals surface area contributed by atoms with Crippen LogP contribution in [-0.4, -0.2) is 52.0 Å². The number of hydrogen-bond donors (Lipinski definition) is 1. The van der Waals surface area contributed by atoms with E-state index in [9.17, 15) is 22.4 Å². The summed E-state index contributed by atoms with van der Waals surface area (Å²) in [6, 6.07) is 7.62. The van der Waals surface area contributed by atoms with Gasteiger partial charge >= 0.3 is 0 Å². The molecule has 12 heteroatoms. The maximum atomic E-state index is 14.7. The first-order valence-corrected chi connectivity index (χ1v) is 13.2. The van der Waals surface area contributed by atoms with Crippen LogP contribution in [0.3, 0.4) is 0 Å². The van der Waals surface area contributed by atoms with E-state index in [0.29, 0.717) is 37.3 Å². The molecule has 1 N–H and O–H groups in total. The van der Waals surface area contributed by atoms with E-state index in [1.807, 2.05) is 0 Å². The third kappa shape index (κ3) is 4.09. The van der Waals surface area contributed by atoms with Crippen LogP contribution in [-0.2, 0) is 41.5 Å². The number of carbonyl (C=O) groups is 2. The Morgan fingerprint density at radius 3 is 2.75 bits per heavy atom. The van der Waals surface area contributed by atoms with Crippen molar-refractivity contribution >= 4 is 27.5 Å². The van der Waals surface area contributed by atoms with Crippen molar-refractivity contribution in [3.05, 3.63) is 65.0 Å². The monoisotopic (exact) mass is 514 g/mol. The van der Waals surface area contributed by atoms with Crippen molar-refractivity contribution in [1.29, 1.82) is 0 Å². The summed E-state index contributed by atoms with van der Waals surface area (Å²) in [5.74, 6) is -1.15. The minimum Gasteiger partial charge on any atom is -0.346 e. The molecule has 2 aliphatic rings. The molecule has 2 aromatic heterocycles. The first-order chi connectivity index (χ1) is 17.2. The first kappa shape index (κ1) is 24.2. The van der Waals surface area contributed by atoms with Crippen LogP contribution in [0.1, 0.15) is 40.3 Å². The lowest BCUT2D eigenvalue weighted by molar-refractivity contribution is -0.117. The van der Waals surface area contributed by atoms with Crippen molar-refractivity contribution < 1.29 is 22.4 Å². The molecule has 3 aromatic rings. The van der Waals surface area contributed by atoms with E-state index in [4.69, 9.17) is 0 Å². The van der Waals surface area contributed by atoms with Gasteiger partial charge in [-0.2, -0.15) is 9.40 Å². The van der Waals surface area contributed by atoms with Crippen LogP contribution in [0.2, 0.25) is 0 Å². The molecule has 36 heavy (non-hydrogen) atoms. The van der Waals surface area contributed by atoms with Crippen molar-refractivity contribution in [2.75, 3.05) is 18.0 Å². The number of amides is 2. The van der Waals surface area contributed by atoms with E-state index in [1.54, 1.807) is 37.0 Å². The summed E-state index contributed by atoms with van der Waals surface area (Å²) in [5, 5.41) is 6.88. The van der Waals surface area contributed by atoms with Crippen molar-refractivity contribution in [2.45, 2.75) is 44.3 Å². The SMILES string of the molecule is Cc1c(S(=O)(=O)N2CCn3nccc3C2)cc(C(=O)NCc2c(F)cccc2N2CCCC2=O)n1C. The van der Waals surface area contributed by atoms with E-state index in [2.05, 4.69) is 10.4 Å². The second-order valence-corrected chi connectivity index (χ2v) is 10.9. The van der Waals surface area contributed by atoms with E-state index < -0.39 is 21.7 Å². The summed E-state index contributed by atoms with van der Waals surface area (Å²) in [6.45, 7) is 2.92. The number of fused-ring (bicyclic) bond motifs is 1. The van der Waals surface area contributed by atoms with Gasteiger partial charge in [0.15, 0.2) is 0 Å². The fraction of sp³-hybridized carbons (Fsp3) is 0.375. The predicted molar refractivity (Wildman–Crippen MR) is 129 cm³/mol. The van der Waals surface area contributed by atoms with Crippen molar-refractivity contribution in [3.63, 3.8) is 0 Å². The lowest BCUT2D eigenvalue weighted by Crippen LogP contribution is -2.38. The van der Waals surface area contributed by atoms with Crippen molar-refractivity contribution in [1.82, 2.24) is 24.0 Å². The molecule has 2 amide bonds. The van der Waals surface area contributed by atoms with Gasteiger partial charge in [-0.05, 0) is 37.6 Å². The number of sulfonamides is 1. The second-order valence-electron chi connectivity index (χ2n) is 8.99. The van der Waals surface area contributed by atoms with Gasteiger partial charge in [0.1, 0.15) is 16.4 Å². The number of anilines is 1. The zero-order valence-electron chi connectivity index (χ0n) is 20.1. The molecule has 5 rings (SSSR count). The van der Waals surface area contributed by atoms with Crippen LogP contribution in [0.5, 0.6) is 0 Å². The topological polar surface area (TPSA) is 110 Å². The average Bonchev–Trinajstić information content (AvgIpc) is 3.57. The highest BCUT2D eigenvalue weighted by Gasteiger charge is 2.33. The fourth-order valence-corrected chi connectivity index (χ4v) is 6.47. The number of aromatic nitrogens is 3. The largest absolute Gasteiger partial charge is 0.346 e. The van der Waals surface area contributed by atoms with E-state index in [0.717, 1.165) is 5.69 Å².